The highest BCUT2D eigenvalue weighted by molar-refractivity contribution is 6.32. The topological polar surface area (TPSA) is 98.3 Å². The number of esters is 1. The second-order valence-corrected chi connectivity index (χ2v) is 5.97. The number of aromatic nitrogens is 3. The maximum atomic E-state index is 11.7. The van der Waals surface area contributed by atoms with Crippen LogP contribution in [-0.4, -0.2) is 34.9 Å². The molecule has 0 unspecified atom stereocenters. The predicted molar refractivity (Wildman–Crippen MR) is 107 cm³/mol. The van der Waals surface area contributed by atoms with Crippen molar-refractivity contribution in [1.29, 1.82) is 0 Å². The number of hydrogen-bond acceptors (Lipinski definition) is 8. The summed E-state index contributed by atoms with van der Waals surface area (Å²) in [4.78, 5) is 16.1. The lowest BCUT2D eigenvalue weighted by Crippen LogP contribution is -2.05. The van der Waals surface area contributed by atoms with Crippen molar-refractivity contribution in [3.63, 3.8) is 0 Å². The van der Waals surface area contributed by atoms with Gasteiger partial charge in [-0.3, -0.25) is 0 Å². The molecule has 0 aliphatic heterocycles. The number of anilines is 4. The van der Waals surface area contributed by atoms with Gasteiger partial charge in [0.1, 0.15) is 5.75 Å². The Morgan fingerprint density at radius 1 is 1.11 bits per heavy atom. The van der Waals surface area contributed by atoms with Crippen molar-refractivity contribution in [2.75, 3.05) is 24.4 Å². The minimum absolute atomic E-state index is 0.300. The molecule has 0 saturated heterocycles. The maximum absolute atomic E-state index is 11.7. The van der Waals surface area contributed by atoms with Gasteiger partial charge >= 0.3 is 5.97 Å². The molecule has 2 aromatic carbocycles. The van der Waals surface area contributed by atoms with E-state index in [1.807, 2.05) is 0 Å². The summed E-state index contributed by atoms with van der Waals surface area (Å²) in [6.07, 6.45) is 1.49. The molecule has 0 aliphatic carbocycles. The van der Waals surface area contributed by atoms with E-state index in [1.165, 1.54) is 6.20 Å². The van der Waals surface area contributed by atoms with Crippen molar-refractivity contribution in [3.8, 4) is 5.75 Å². The summed E-state index contributed by atoms with van der Waals surface area (Å²) < 4.78 is 10.1. The summed E-state index contributed by atoms with van der Waals surface area (Å²) in [5.74, 6) is 1.01. The number of carbonyl (C=O) groups is 1. The number of ether oxygens (including phenoxy) is 2. The molecule has 8 nitrogen and oxygen atoms in total. The van der Waals surface area contributed by atoms with E-state index in [0.717, 1.165) is 5.69 Å². The molecule has 9 heteroatoms. The van der Waals surface area contributed by atoms with Crippen LogP contribution in [0.1, 0.15) is 17.3 Å². The van der Waals surface area contributed by atoms with Gasteiger partial charge in [-0.05, 0) is 49.4 Å². The normalized spacial score (nSPS) is 10.2. The molecule has 0 radical (unpaired) electrons. The van der Waals surface area contributed by atoms with Gasteiger partial charge < -0.3 is 20.1 Å². The molecule has 3 rings (SSSR count). The average Bonchev–Trinajstić information content (AvgIpc) is 2.69. The lowest BCUT2D eigenvalue weighted by Gasteiger charge is -2.09. The minimum Gasteiger partial charge on any atom is -0.495 e. The summed E-state index contributed by atoms with van der Waals surface area (Å²) in [5, 5.41) is 14.5. The van der Waals surface area contributed by atoms with Gasteiger partial charge in [-0.1, -0.05) is 11.6 Å². The van der Waals surface area contributed by atoms with Crippen LogP contribution in [0, 0.1) is 0 Å². The van der Waals surface area contributed by atoms with Crippen LogP contribution in [-0.2, 0) is 4.74 Å². The first kappa shape index (κ1) is 19.4. The number of halogens is 1. The third-order valence-electron chi connectivity index (χ3n) is 3.64. The molecule has 0 atom stereocenters. The van der Waals surface area contributed by atoms with Crippen LogP contribution in [0.4, 0.5) is 23.1 Å². The molecule has 0 saturated carbocycles. The van der Waals surface area contributed by atoms with Gasteiger partial charge in [0.25, 0.3) is 0 Å². The number of nitrogens with one attached hydrogen (secondary N) is 2. The minimum atomic E-state index is -0.359. The van der Waals surface area contributed by atoms with Crippen LogP contribution < -0.4 is 15.4 Å². The van der Waals surface area contributed by atoms with Crippen molar-refractivity contribution in [3.05, 3.63) is 59.2 Å². The zero-order valence-electron chi connectivity index (χ0n) is 15.3. The zero-order valence-corrected chi connectivity index (χ0v) is 16.0. The Balaban J connectivity index is 1.69. The largest absolute Gasteiger partial charge is 0.495 e. The van der Waals surface area contributed by atoms with Gasteiger partial charge in [0.05, 0.1) is 30.5 Å². The summed E-state index contributed by atoms with van der Waals surface area (Å²) in [6.45, 7) is 2.10. The molecule has 0 aliphatic rings. The Kier molecular flexibility index (Phi) is 6.23. The molecule has 0 fully saturated rings. The second kappa shape index (κ2) is 9.01. The predicted octanol–water partition coefficient (Wildman–Crippen LogP) is 4.20. The van der Waals surface area contributed by atoms with Crippen LogP contribution in [0.5, 0.6) is 5.75 Å². The summed E-state index contributed by atoms with van der Waals surface area (Å²) in [7, 11) is 1.55. The number of nitrogens with zero attached hydrogens (tertiary/aromatic N) is 3. The molecule has 2 N–H and O–H groups in total. The van der Waals surface area contributed by atoms with Crippen molar-refractivity contribution < 1.29 is 14.3 Å². The van der Waals surface area contributed by atoms with E-state index in [-0.39, 0.29) is 5.97 Å². The monoisotopic (exact) mass is 399 g/mol. The fourth-order valence-corrected chi connectivity index (χ4v) is 2.60. The van der Waals surface area contributed by atoms with Crippen molar-refractivity contribution >= 4 is 40.7 Å². The Bertz CT molecular complexity index is 966. The van der Waals surface area contributed by atoms with Gasteiger partial charge in [0.2, 0.25) is 5.95 Å². The van der Waals surface area contributed by atoms with Crippen LogP contribution in [0.25, 0.3) is 0 Å². The fourth-order valence-electron chi connectivity index (χ4n) is 2.34. The lowest BCUT2D eigenvalue weighted by atomic mass is 10.2. The third kappa shape index (κ3) is 4.86. The van der Waals surface area contributed by atoms with Gasteiger partial charge in [-0.2, -0.15) is 10.1 Å². The van der Waals surface area contributed by atoms with Crippen LogP contribution in [0.3, 0.4) is 0 Å². The first-order valence-electron chi connectivity index (χ1n) is 8.43. The van der Waals surface area contributed by atoms with Gasteiger partial charge in [-0.15, -0.1) is 5.10 Å². The molecule has 28 heavy (non-hydrogen) atoms. The lowest BCUT2D eigenvalue weighted by molar-refractivity contribution is 0.0526. The van der Waals surface area contributed by atoms with E-state index in [2.05, 4.69) is 25.8 Å². The zero-order chi connectivity index (χ0) is 19.9. The third-order valence-corrected chi connectivity index (χ3v) is 3.93. The number of hydrogen-bond donors (Lipinski definition) is 2. The Hall–Kier alpha value is -3.39. The molecule has 0 spiro atoms. The SMILES string of the molecule is CCOC(=O)c1ccc(Nc2cnnc(Nc3ccc(OC)c(Cl)c3)n2)cc1. The highest BCUT2D eigenvalue weighted by Crippen LogP contribution is 2.28. The van der Waals surface area contributed by atoms with E-state index < -0.39 is 0 Å². The Morgan fingerprint density at radius 3 is 2.54 bits per heavy atom. The Labute approximate surface area is 166 Å². The molecule has 0 bridgehead atoms. The van der Waals surface area contributed by atoms with Crippen LogP contribution in [0.2, 0.25) is 5.02 Å². The van der Waals surface area contributed by atoms with E-state index in [1.54, 1.807) is 56.5 Å². The van der Waals surface area contributed by atoms with Gasteiger partial charge in [0, 0.05) is 11.4 Å². The molecular weight excluding hydrogens is 382 g/mol. The van der Waals surface area contributed by atoms with E-state index >= 15 is 0 Å². The van der Waals surface area contributed by atoms with E-state index in [9.17, 15) is 4.79 Å². The standard InChI is InChI=1S/C19H18ClN5O3/c1-3-28-18(26)12-4-6-13(7-5-12)22-17-11-21-25-19(24-17)23-14-8-9-16(27-2)15(20)10-14/h4-11H,3H2,1-2H3,(H2,22,23,24,25). The second-order valence-electron chi connectivity index (χ2n) is 5.56. The van der Waals surface area contributed by atoms with Crippen molar-refractivity contribution in [1.82, 2.24) is 15.2 Å². The molecular formula is C19H18ClN5O3. The number of benzene rings is 2. The molecule has 3 aromatic rings. The van der Waals surface area contributed by atoms with Crippen LogP contribution >= 0.6 is 11.6 Å². The van der Waals surface area contributed by atoms with Gasteiger partial charge in [0.15, 0.2) is 5.82 Å². The highest BCUT2D eigenvalue weighted by Gasteiger charge is 2.07. The number of carbonyl (C=O) groups excluding carboxylic acids is 1. The molecule has 0 amide bonds. The van der Waals surface area contributed by atoms with E-state index in [0.29, 0.717) is 40.4 Å². The summed E-state index contributed by atoms with van der Waals surface area (Å²) >= 11 is 6.12. The van der Waals surface area contributed by atoms with E-state index in [4.69, 9.17) is 21.1 Å². The highest BCUT2D eigenvalue weighted by atomic mass is 35.5. The van der Waals surface area contributed by atoms with Crippen molar-refractivity contribution in [2.45, 2.75) is 6.92 Å². The average molecular weight is 400 g/mol. The number of rotatable bonds is 7. The summed E-state index contributed by atoms with van der Waals surface area (Å²) in [6, 6.07) is 12.1. The summed E-state index contributed by atoms with van der Waals surface area (Å²) in [5.41, 5.74) is 1.92. The van der Waals surface area contributed by atoms with Gasteiger partial charge in [-0.25, -0.2) is 4.79 Å². The molecule has 1 aromatic heterocycles. The fraction of sp³-hybridized carbons (Fsp3) is 0.158. The maximum Gasteiger partial charge on any atom is 0.338 e. The van der Waals surface area contributed by atoms with Crippen molar-refractivity contribution in [2.24, 2.45) is 0 Å². The first-order valence-corrected chi connectivity index (χ1v) is 8.81. The van der Waals surface area contributed by atoms with Crippen LogP contribution in [0.15, 0.2) is 48.7 Å². The smallest absolute Gasteiger partial charge is 0.338 e. The first-order chi connectivity index (χ1) is 13.6. The Morgan fingerprint density at radius 2 is 1.86 bits per heavy atom. The quantitative estimate of drug-likeness (QED) is 0.570. The molecule has 1 heterocycles. The number of methoxy groups -OCH3 is 1. The molecule has 144 valence electrons.